The Hall–Kier alpha value is -1.42. The SMILES string of the molecule is Cl.NCC1OCCc2ccc(-c3cccnc3)cc21. The number of rotatable bonds is 2. The van der Waals surface area contributed by atoms with Crippen molar-refractivity contribution < 1.29 is 4.74 Å². The fourth-order valence-corrected chi connectivity index (χ4v) is 2.43. The van der Waals surface area contributed by atoms with E-state index in [-0.39, 0.29) is 18.5 Å². The Labute approximate surface area is 119 Å². The average molecular weight is 277 g/mol. The summed E-state index contributed by atoms with van der Waals surface area (Å²) in [6, 6.07) is 10.5. The van der Waals surface area contributed by atoms with Gasteiger partial charge in [0.25, 0.3) is 0 Å². The Bertz CT molecular complexity index is 545. The smallest absolute Gasteiger partial charge is 0.0950 e. The van der Waals surface area contributed by atoms with Gasteiger partial charge in [-0.25, -0.2) is 0 Å². The molecule has 1 atom stereocenters. The topological polar surface area (TPSA) is 48.1 Å². The number of ether oxygens (including phenoxy) is 1. The second-order valence-corrected chi connectivity index (χ2v) is 4.50. The van der Waals surface area contributed by atoms with Gasteiger partial charge in [-0.3, -0.25) is 4.98 Å². The highest BCUT2D eigenvalue weighted by Gasteiger charge is 2.19. The maximum atomic E-state index is 5.77. The van der Waals surface area contributed by atoms with E-state index in [1.807, 2.05) is 12.3 Å². The third-order valence-electron chi connectivity index (χ3n) is 3.39. The number of hydrogen-bond donors (Lipinski definition) is 1. The first-order chi connectivity index (χ1) is 8.88. The summed E-state index contributed by atoms with van der Waals surface area (Å²) in [7, 11) is 0. The maximum absolute atomic E-state index is 5.77. The van der Waals surface area contributed by atoms with E-state index < -0.39 is 0 Å². The van der Waals surface area contributed by atoms with Crippen LogP contribution in [0.3, 0.4) is 0 Å². The van der Waals surface area contributed by atoms with Crippen molar-refractivity contribution in [1.82, 2.24) is 4.98 Å². The molecule has 3 nitrogen and oxygen atoms in total. The van der Waals surface area contributed by atoms with Crippen LogP contribution in [0.1, 0.15) is 17.2 Å². The summed E-state index contributed by atoms with van der Waals surface area (Å²) < 4.78 is 5.70. The van der Waals surface area contributed by atoms with Crippen molar-refractivity contribution in [2.45, 2.75) is 12.5 Å². The van der Waals surface area contributed by atoms with Crippen molar-refractivity contribution in [2.24, 2.45) is 5.73 Å². The molecule has 2 aromatic rings. The number of nitrogens with two attached hydrogens (primary N) is 1. The zero-order chi connectivity index (χ0) is 12.4. The van der Waals surface area contributed by atoms with Gasteiger partial charge in [0.05, 0.1) is 12.7 Å². The molecule has 0 aliphatic carbocycles. The van der Waals surface area contributed by atoms with Crippen LogP contribution in [0.5, 0.6) is 0 Å². The lowest BCUT2D eigenvalue weighted by atomic mass is 9.93. The average Bonchev–Trinajstić information content (AvgIpc) is 2.47. The normalized spacial score (nSPS) is 17.4. The van der Waals surface area contributed by atoms with Gasteiger partial charge in [-0.1, -0.05) is 18.2 Å². The van der Waals surface area contributed by atoms with Crippen molar-refractivity contribution in [2.75, 3.05) is 13.2 Å². The van der Waals surface area contributed by atoms with Crippen molar-refractivity contribution in [3.63, 3.8) is 0 Å². The molecule has 0 spiro atoms. The van der Waals surface area contributed by atoms with E-state index in [1.54, 1.807) is 6.20 Å². The summed E-state index contributed by atoms with van der Waals surface area (Å²) in [5, 5.41) is 0. The Balaban J connectivity index is 0.00000133. The molecular formula is C15H17ClN2O. The maximum Gasteiger partial charge on any atom is 0.0950 e. The van der Waals surface area contributed by atoms with Crippen LogP contribution in [-0.4, -0.2) is 18.1 Å². The molecule has 1 aliphatic rings. The zero-order valence-electron chi connectivity index (χ0n) is 10.6. The molecule has 0 radical (unpaired) electrons. The largest absolute Gasteiger partial charge is 0.372 e. The molecule has 0 bridgehead atoms. The van der Waals surface area contributed by atoms with Crippen molar-refractivity contribution in [3.05, 3.63) is 53.9 Å². The minimum atomic E-state index is 0. The van der Waals surface area contributed by atoms with Crippen molar-refractivity contribution in [3.8, 4) is 11.1 Å². The van der Waals surface area contributed by atoms with E-state index in [1.165, 1.54) is 16.7 Å². The number of pyridine rings is 1. The van der Waals surface area contributed by atoms with E-state index in [9.17, 15) is 0 Å². The summed E-state index contributed by atoms with van der Waals surface area (Å²) in [6.07, 6.45) is 4.67. The van der Waals surface area contributed by atoms with E-state index in [2.05, 4.69) is 29.2 Å². The Morgan fingerprint density at radius 1 is 1.26 bits per heavy atom. The predicted octanol–water partition coefficient (Wildman–Crippen LogP) is 2.74. The molecule has 0 amide bonds. The molecule has 1 aliphatic heterocycles. The van der Waals surface area contributed by atoms with Gasteiger partial charge < -0.3 is 10.5 Å². The molecule has 0 fully saturated rings. The first kappa shape index (κ1) is 14.0. The number of benzene rings is 1. The van der Waals surface area contributed by atoms with Crippen LogP contribution >= 0.6 is 12.4 Å². The molecule has 1 aromatic heterocycles. The van der Waals surface area contributed by atoms with Crippen LogP contribution in [-0.2, 0) is 11.2 Å². The predicted molar refractivity (Wildman–Crippen MR) is 78.4 cm³/mol. The molecule has 1 aromatic carbocycles. The first-order valence-corrected chi connectivity index (χ1v) is 6.23. The molecule has 1 unspecified atom stereocenters. The van der Waals surface area contributed by atoms with E-state index >= 15 is 0 Å². The molecule has 3 rings (SSSR count). The Kier molecular flexibility index (Phi) is 4.53. The van der Waals surface area contributed by atoms with Crippen LogP contribution in [0, 0.1) is 0 Å². The summed E-state index contributed by atoms with van der Waals surface area (Å²) >= 11 is 0. The summed E-state index contributed by atoms with van der Waals surface area (Å²) in [6.45, 7) is 1.30. The molecule has 2 heterocycles. The quantitative estimate of drug-likeness (QED) is 0.917. The molecular weight excluding hydrogens is 260 g/mol. The lowest BCUT2D eigenvalue weighted by Crippen LogP contribution is -2.23. The Morgan fingerprint density at radius 2 is 2.16 bits per heavy atom. The number of fused-ring (bicyclic) bond motifs is 1. The summed E-state index contributed by atoms with van der Waals surface area (Å²) in [5.74, 6) is 0. The summed E-state index contributed by atoms with van der Waals surface area (Å²) in [4.78, 5) is 4.16. The molecule has 4 heteroatoms. The number of hydrogen-bond acceptors (Lipinski definition) is 3. The highest BCUT2D eigenvalue weighted by molar-refractivity contribution is 5.85. The zero-order valence-corrected chi connectivity index (χ0v) is 11.4. The van der Waals surface area contributed by atoms with Gasteiger partial charge >= 0.3 is 0 Å². The summed E-state index contributed by atoms with van der Waals surface area (Å²) in [5.41, 5.74) is 10.6. The number of halogens is 1. The second kappa shape index (κ2) is 6.15. The van der Waals surface area contributed by atoms with Crippen LogP contribution in [0.15, 0.2) is 42.7 Å². The van der Waals surface area contributed by atoms with E-state index in [4.69, 9.17) is 10.5 Å². The van der Waals surface area contributed by atoms with E-state index in [0.717, 1.165) is 18.6 Å². The van der Waals surface area contributed by atoms with Gasteiger partial charge in [0.15, 0.2) is 0 Å². The van der Waals surface area contributed by atoms with Gasteiger partial charge in [0, 0.05) is 18.9 Å². The van der Waals surface area contributed by atoms with Crippen molar-refractivity contribution in [1.29, 1.82) is 0 Å². The van der Waals surface area contributed by atoms with Gasteiger partial charge in [-0.2, -0.15) is 0 Å². The molecule has 0 saturated carbocycles. The molecule has 2 N–H and O–H groups in total. The van der Waals surface area contributed by atoms with Crippen LogP contribution in [0.25, 0.3) is 11.1 Å². The van der Waals surface area contributed by atoms with Gasteiger partial charge in [0.2, 0.25) is 0 Å². The lowest BCUT2D eigenvalue weighted by Gasteiger charge is -2.25. The first-order valence-electron chi connectivity index (χ1n) is 6.23. The number of nitrogens with zero attached hydrogens (tertiary/aromatic N) is 1. The minimum Gasteiger partial charge on any atom is -0.372 e. The van der Waals surface area contributed by atoms with E-state index in [0.29, 0.717) is 6.54 Å². The minimum absolute atomic E-state index is 0. The van der Waals surface area contributed by atoms with Gasteiger partial charge in [0.1, 0.15) is 0 Å². The highest BCUT2D eigenvalue weighted by Crippen LogP contribution is 2.30. The Morgan fingerprint density at radius 3 is 2.89 bits per heavy atom. The van der Waals surface area contributed by atoms with Crippen molar-refractivity contribution >= 4 is 12.4 Å². The van der Waals surface area contributed by atoms with Crippen LogP contribution < -0.4 is 5.73 Å². The van der Waals surface area contributed by atoms with Gasteiger partial charge in [-0.05, 0) is 40.8 Å². The lowest BCUT2D eigenvalue weighted by molar-refractivity contribution is 0.0485. The standard InChI is InChI=1S/C15H16N2O.ClH/c16-9-15-14-8-12(13-2-1-6-17-10-13)4-3-11(14)5-7-18-15;/h1-4,6,8,10,15H,5,7,9,16H2;1H. The second-order valence-electron chi connectivity index (χ2n) is 4.50. The van der Waals surface area contributed by atoms with Gasteiger partial charge in [-0.15, -0.1) is 12.4 Å². The fraction of sp³-hybridized carbons (Fsp3) is 0.267. The third kappa shape index (κ3) is 2.78. The molecule has 0 saturated heterocycles. The molecule has 19 heavy (non-hydrogen) atoms. The highest BCUT2D eigenvalue weighted by atomic mass is 35.5. The number of aromatic nitrogens is 1. The third-order valence-corrected chi connectivity index (χ3v) is 3.39. The van der Waals surface area contributed by atoms with Crippen LogP contribution in [0.4, 0.5) is 0 Å². The van der Waals surface area contributed by atoms with Crippen LogP contribution in [0.2, 0.25) is 0 Å². The fourth-order valence-electron chi connectivity index (χ4n) is 2.43. The monoisotopic (exact) mass is 276 g/mol. The molecule has 100 valence electrons.